The fourth-order valence-corrected chi connectivity index (χ4v) is 3.17. The topological polar surface area (TPSA) is 57.6 Å². The summed E-state index contributed by atoms with van der Waals surface area (Å²) in [5, 5.41) is 9.10. The van der Waals surface area contributed by atoms with E-state index < -0.39 is 5.54 Å². The van der Waals surface area contributed by atoms with Gasteiger partial charge in [0.1, 0.15) is 0 Å². The van der Waals surface area contributed by atoms with Crippen LogP contribution in [0.25, 0.3) is 0 Å². The van der Waals surface area contributed by atoms with Crippen LogP contribution in [0.3, 0.4) is 0 Å². The number of fused-ring (bicyclic) bond motifs is 1. The van der Waals surface area contributed by atoms with Gasteiger partial charge < -0.3 is 5.11 Å². The summed E-state index contributed by atoms with van der Waals surface area (Å²) in [6.07, 6.45) is 1.14. The second-order valence-electron chi connectivity index (χ2n) is 6.11. The molecule has 0 aromatic carbocycles. The van der Waals surface area contributed by atoms with Gasteiger partial charge in [0.15, 0.2) is 0 Å². The highest BCUT2D eigenvalue weighted by atomic mass is 16.3. The highest BCUT2D eigenvalue weighted by Gasteiger charge is 2.73. The molecule has 1 aliphatic carbocycles. The molecule has 96 valence electrons. The van der Waals surface area contributed by atoms with Gasteiger partial charge in [-0.1, -0.05) is 20.8 Å². The lowest BCUT2D eigenvalue weighted by Crippen LogP contribution is -2.52. The van der Waals surface area contributed by atoms with Crippen molar-refractivity contribution in [3.63, 3.8) is 0 Å². The first-order chi connectivity index (χ1) is 7.81. The molecule has 4 heteroatoms. The van der Waals surface area contributed by atoms with E-state index in [1.165, 1.54) is 4.90 Å². The normalized spacial score (nSPS) is 33.6. The van der Waals surface area contributed by atoms with Gasteiger partial charge in [-0.25, -0.2) is 0 Å². The Morgan fingerprint density at radius 3 is 2.12 bits per heavy atom. The molecule has 0 bridgehead atoms. The molecule has 1 heterocycles. The molecule has 1 saturated heterocycles. The van der Waals surface area contributed by atoms with Crippen LogP contribution >= 0.6 is 0 Å². The number of hydrogen-bond donors (Lipinski definition) is 1. The summed E-state index contributed by atoms with van der Waals surface area (Å²) in [5.41, 5.74) is -0.676. The number of rotatable bonds is 4. The number of imide groups is 1. The second-order valence-corrected chi connectivity index (χ2v) is 6.11. The average Bonchev–Trinajstić information content (AvgIpc) is 2.68. The van der Waals surface area contributed by atoms with Gasteiger partial charge in [-0.05, 0) is 25.2 Å². The largest absolute Gasteiger partial charge is 0.396 e. The predicted octanol–water partition coefficient (Wildman–Crippen LogP) is 1.18. The van der Waals surface area contributed by atoms with E-state index in [1.807, 2.05) is 27.7 Å². The predicted molar refractivity (Wildman–Crippen MR) is 63.0 cm³/mol. The molecular formula is C13H21NO3. The van der Waals surface area contributed by atoms with Crippen molar-refractivity contribution in [1.29, 1.82) is 0 Å². The Morgan fingerprint density at radius 1 is 1.29 bits per heavy atom. The molecule has 2 aliphatic rings. The minimum atomic E-state index is -0.521. The van der Waals surface area contributed by atoms with E-state index in [-0.39, 0.29) is 35.7 Å². The van der Waals surface area contributed by atoms with Crippen LogP contribution in [0.5, 0.6) is 0 Å². The van der Waals surface area contributed by atoms with Crippen molar-refractivity contribution in [2.75, 3.05) is 6.61 Å². The van der Waals surface area contributed by atoms with Crippen LogP contribution in [0.15, 0.2) is 0 Å². The zero-order chi connectivity index (χ0) is 13.0. The maximum absolute atomic E-state index is 12.3. The molecule has 0 radical (unpaired) electrons. The fraction of sp³-hybridized carbons (Fsp3) is 0.846. The summed E-state index contributed by atoms with van der Waals surface area (Å²) < 4.78 is 0. The molecule has 1 N–H and O–H groups in total. The van der Waals surface area contributed by atoms with E-state index >= 15 is 0 Å². The third-order valence-electron chi connectivity index (χ3n) is 4.75. The maximum Gasteiger partial charge on any atom is 0.234 e. The number of piperidine rings is 1. The van der Waals surface area contributed by atoms with Crippen molar-refractivity contribution in [2.45, 2.75) is 46.1 Å². The number of aliphatic hydroxyl groups excluding tert-OH is 1. The van der Waals surface area contributed by atoms with Gasteiger partial charge in [-0.2, -0.15) is 0 Å². The molecule has 3 unspecified atom stereocenters. The highest BCUT2D eigenvalue weighted by Crippen LogP contribution is 2.64. The molecule has 3 atom stereocenters. The summed E-state index contributed by atoms with van der Waals surface area (Å²) in [5.74, 6) is -0.329. The molecule has 0 aromatic heterocycles. The first-order valence-electron chi connectivity index (χ1n) is 6.30. The van der Waals surface area contributed by atoms with Gasteiger partial charge in [0.2, 0.25) is 11.8 Å². The van der Waals surface area contributed by atoms with Crippen LogP contribution < -0.4 is 0 Å². The highest BCUT2D eigenvalue weighted by molar-refractivity contribution is 6.11. The van der Waals surface area contributed by atoms with E-state index in [4.69, 9.17) is 5.11 Å². The van der Waals surface area contributed by atoms with Crippen LogP contribution in [0.4, 0.5) is 0 Å². The lowest BCUT2D eigenvalue weighted by Gasteiger charge is -2.38. The van der Waals surface area contributed by atoms with E-state index in [0.717, 1.165) is 0 Å². The van der Waals surface area contributed by atoms with E-state index in [1.54, 1.807) is 0 Å². The van der Waals surface area contributed by atoms with E-state index in [0.29, 0.717) is 12.8 Å². The molecule has 0 spiro atoms. The van der Waals surface area contributed by atoms with Gasteiger partial charge in [0.05, 0.1) is 11.8 Å². The molecule has 0 aromatic rings. The Balaban J connectivity index is 2.26. The Morgan fingerprint density at radius 2 is 1.76 bits per heavy atom. The smallest absolute Gasteiger partial charge is 0.234 e. The van der Waals surface area contributed by atoms with Gasteiger partial charge in [0, 0.05) is 12.1 Å². The quantitative estimate of drug-likeness (QED) is 0.749. The SMILES string of the molecule is CCC(C)(CCO)N1C(=O)C2C(C1=O)C2(C)C. The molecular weight excluding hydrogens is 218 g/mol. The molecule has 1 aliphatic heterocycles. The summed E-state index contributed by atoms with van der Waals surface area (Å²) in [4.78, 5) is 26.0. The average molecular weight is 239 g/mol. The molecule has 4 nitrogen and oxygen atoms in total. The van der Waals surface area contributed by atoms with Crippen molar-refractivity contribution >= 4 is 11.8 Å². The molecule has 2 rings (SSSR count). The van der Waals surface area contributed by atoms with E-state index in [2.05, 4.69) is 0 Å². The molecule has 17 heavy (non-hydrogen) atoms. The zero-order valence-electron chi connectivity index (χ0n) is 11.0. The number of carbonyl (C=O) groups is 2. The lowest BCUT2D eigenvalue weighted by atomic mass is 9.91. The number of carbonyl (C=O) groups excluding carboxylic acids is 2. The van der Waals surface area contributed by atoms with Crippen LogP contribution in [0.1, 0.15) is 40.5 Å². The van der Waals surface area contributed by atoms with Crippen molar-refractivity contribution in [1.82, 2.24) is 4.90 Å². The van der Waals surface area contributed by atoms with Crippen molar-refractivity contribution in [3.8, 4) is 0 Å². The third kappa shape index (κ3) is 1.46. The number of likely N-dealkylation sites (tertiary alicyclic amines) is 1. The first kappa shape index (κ1) is 12.6. The molecule has 1 saturated carbocycles. The van der Waals surface area contributed by atoms with Gasteiger partial charge in [-0.15, -0.1) is 0 Å². The van der Waals surface area contributed by atoms with Gasteiger partial charge >= 0.3 is 0 Å². The van der Waals surface area contributed by atoms with Crippen molar-refractivity contribution < 1.29 is 14.7 Å². The number of aliphatic hydroxyl groups is 1. The Hall–Kier alpha value is -0.900. The molecule has 2 amide bonds. The van der Waals surface area contributed by atoms with E-state index in [9.17, 15) is 9.59 Å². The Kier molecular flexibility index (Phi) is 2.62. The fourth-order valence-electron chi connectivity index (χ4n) is 3.17. The van der Waals surface area contributed by atoms with Crippen LogP contribution in [-0.4, -0.2) is 34.0 Å². The number of nitrogens with zero attached hydrogens (tertiary/aromatic N) is 1. The minimum absolute atomic E-state index is 0.000125. The van der Waals surface area contributed by atoms with Crippen molar-refractivity contribution in [3.05, 3.63) is 0 Å². The van der Waals surface area contributed by atoms with Crippen LogP contribution in [0, 0.1) is 17.3 Å². The number of hydrogen-bond acceptors (Lipinski definition) is 3. The Labute approximate surface area is 102 Å². The minimum Gasteiger partial charge on any atom is -0.396 e. The number of amides is 2. The zero-order valence-corrected chi connectivity index (χ0v) is 11.0. The van der Waals surface area contributed by atoms with Gasteiger partial charge in [0.25, 0.3) is 0 Å². The van der Waals surface area contributed by atoms with Gasteiger partial charge in [-0.3, -0.25) is 14.5 Å². The summed E-state index contributed by atoms with van der Waals surface area (Å²) in [6.45, 7) is 7.79. The van der Waals surface area contributed by atoms with Crippen LogP contribution in [-0.2, 0) is 9.59 Å². The monoisotopic (exact) mass is 239 g/mol. The first-order valence-corrected chi connectivity index (χ1v) is 6.30. The van der Waals surface area contributed by atoms with Crippen molar-refractivity contribution in [2.24, 2.45) is 17.3 Å². The summed E-state index contributed by atoms with van der Waals surface area (Å²) in [6, 6.07) is 0. The molecule has 2 fully saturated rings. The summed E-state index contributed by atoms with van der Waals surface area (Å²) >= 11 is 0. The Bertz CT molecular complexity index is 353. The standard InChI is InChI=1S/C13H21NO3/c1-5-13(4,6-7-15)14-10(16)8-9(11(14)17)12(8,2)3/h8-9,15H,5-7H2,1-4H3. The summed E-state index contributed by atoms with van der Waals surface area (Å²) in [7, 11) is 0. The third-order valence-corrected chi connectivity index (χ3v) is 4.75. The maximum atomic E-state index is 12.3. The van der Waals surface area contributed by atoms with Crippen LogP contribution in [0.2, 0.25) is 0 Å². The lowest BCUT2D eigenvalue weighted by molar-refractivity contribution is -0.150. The second kappa shape index (κ2) is 3.55.